The molecule has 0 saturated heterocycles. The van der Waals surface area contributed by atoms with E-state index in [2.05, 4.69) is 34.5 Å². The van der Waals surface area contributed by atoms with Gasteiger partial charge in [-0.05, 0) is 24.1 Å². The van der Waals surface area contributed by atoms with E-state index in [1.54, 1.807) is 11.3 Å². The molecule has 0 bridgehead atoms. The predicted octanol–water partition coefficient (Wildman–Crippen LogP) is 3.69. The van der Waals surface area contributed by atoms with E-state index in [4.69, 9.17) is 5.26 Å². The van der Waals surface area contributed by atoms with E-state index in [0.29, 0.717) is 11.5 Å². The molecule has 0 fully saturated rings. The molecule has 2 heterocycles. The number of hydrogen-bond donors (Lipinski definition) is 0. The molecule has 0 aliphatic rings. The summed E-state index contributed by atoms with van der Waals surface area (Å²) in [5.74, 6) is 1.39. The van der Waals surface area contributed by atoms with Gasteiger partial charge in [-0.15, -0.1) is 11.3 Å². The van der Waals surface area contributed by atoms with Crippen molar-refractivity contribution in [1.82, 2.24) is 14.5 Å². The molecule has 1 aromatic carbocycles. The second kappa shape index (κ2) is 5.06. The van der Waals surface area contributed by atoms with Crippen LogP contribution in [-0.4, -0.2) is 14.5 Å². The van der Waals surface area contributed by atoms with Crippen LogP contribution < -0.4 is 0 Å². The van der Waals surface area contributed by atoms with Gasteiger partial charge in [0.15, 0.2) is 5.82 Å². The molecule has 0 N–H and O–H groups in total. The fraction of sp³-hybridized carbons (Fsp3) is 0.267. The minimum Gasteiger partial charge on any atom is -0.322 e. The van der Waals surface area contributed by atoms with Crippen LogP contribution in [0, 0.1) is 17.2 Å². The van der Waals surface area contributed by atoms with E-state index < -0.39 is 0 Å². The summed E-state index contributed by atoms with van der Waals surface area (Å²) in [4.78, 5) is 9.04. The van der Waals surface area contributed by atoms with Crippen LogP contribution in [0.15, 0.2) is 29.1 Å². The van der Waals surface area contributed by atoms with Crippen LogP contribution in [0.3, 0.4) is 0 Å². The smallest absolute Gasteiger partial charge is 0.160 e. The monoisotopic (exact) mass is 282 g/mol. The number of benzene rings is 1. The predicted molar refractivity (Wildman–Crippen MR) is 80.4 cm³/mol. The molecule has 0 atom stereocenters. The maximum absolute atomic E-state index is 9.01. The Hall–Kier alpha value is -2.19. The van der Waals surface area contributed by atoms with Crippen LogP contribution in [0.5, 0.6) is 0 Å². The maximum Gasteiger partial charge on any atom is 0.160 e. The zero-order valence-electron chi connectivity index (χ0n) is 11.4. The molecule has 3 rings (SSSR count). The van der Waals surface area contributed by atoms with Crippen LogP contribution >= 0.6 is 11.3 Å². The average molecular weight is 282 g/mol. The molecule has 0 radical (unpaired) electrons. The van der Waals surface area contributed by atoms with Gasteiger partial charge in [-0.1, -0.05) is 13.8 Å². The van der Waals surface area contributed by atoms with Crippen LogP contribution in [0.25, 0.3) is 22.6 Å². The lowest BCUT2D eigenvalue weighted by Crippen LogP contribution is -2.06. The third-order valence-corrected chi connectivity index (χ3v) is 3.67. The van der Waals surface area contributed by atoms with Crippen molar-refractivity contribution < 1.29 is 0 Å². The summed E-state index contributed by atoms with van der Waals surface area (Å²) in [6.07, 6.45) is 0. The Bertz CT molecular complexity index is 778. The highest BCUT2D eigenvalue weighted by Gasteiger charge is 2.15. The Morgan fingerprint density at radius 1 is 1.40 bits per heavy atom. The summed E-state index contributed by atoms with van der Waals surface area (Å²) in [5, 5.41) is 11.0. The molecule has 20 heavy (non-hydrogen) atoms. The van der Waals surface area contributed by atoms with Crippen molar-refractivity contribution in [2.45, 2.75) is 20.4 Å². The number of imidazole rings is 1. The highest BCUT2D eigenvalue weighted by Crippen LogP contribution is 2.26. The molecular weight excluding hydrogens is 268 g/mol. The molecule has 0 aliphatic heterocycles. The van der Waals surface area contributed by atoms with Gasteiger partial charge in [0.2, 0.25) is 0 Å². The minimum atomic E-state index is 0.514. The number of hydrogen-bond acceptors (Lipinski definition) is 4. The van der Waals surface area contributed by atoms with Gasteiger partial charge in [-0.25, -0.2) is 9.97 Å². The third kappa shape index (κ3) is 2.19. The van der Waals surface area contributed by atoms with Gasteiger partial charge in [0, 0.05) is 11.9 Å². The summed E-state index contributed by atoms with van der Waals surface area (Å²) in [5.41, 5.74) is 5.25. The highest BCUT2D eigenvalue weighted by atomic mass is 32.1. The van der Waals surface area contributed by atoms with Gasteiger partial charge in [0.1, 0.15) is 5.69 Å². The SMILES string of the molecule is CC(C)Cn1c(-c2cscn2)nc2cc(C#N)ccc21. The summed E-state index contributed by atoms with van der Waals surface area (Å²) in [6, 6.07) is 7.81. The van der Waals surface area contributed by atoms with Crippen LogP contribution in [-0.2, 0) is 6.54 Å². The Labute approximate surface area is 121 Å². The second-order valence-corrected chi connectivity index (χ2v) is 5.85. The quantitative estimate of drug-likeness (QED) is 0.736. The standard InChI is InChI=1S/C15H14N4S/c1-10(2)7-19-14-4-3-11(6-16)5-12(14)18-15(19)13-8-20-9-17-13/h3-5,8-10H,7H2,1-2H3. The molecular formula is C15H14N4S. The van der Waals surface area contributed by atoms with Gasteiger partial charge in [-0.3, -0.25) is 0 Å². The van der Waals surface area contributed by atoms with Crippen molar-refractivity contribution in [3.63, 3.8) is 0 Å². The number of rotatable bonds is 3. The molecule has 2 aromatic heterocycles. The minimum absolute atomic E-state index is 0.514. The summed E-state index contributed by atoms with van der Waals surface area (Å²) in [7, 11) is 0. The van der Waals surface area contributed by atoms with E-state index in [1.807, 2.05) is 29.1 Å². The zero-order valence-corrected chi connectivity index (χ0v) is 12.2. The van der Waals surface area contributed by atoms with E-state index in [9.17, 15) is 0 Å². The molecule has 0 amide bonds. The van der Waals surface area contributed by atoms with Crippen LogP contribution in [0.4, 0.5) is 0 Å². The van der Waals surface area contributed by atoms with Crippen molar-refractivity contribution in [2.75, 3.05) is 0 Å². The lowest BCUT2D eigenvalue weighted by atomic mass is 10.2. The number of fused-ring (bicyclic) bond motifs is 1. The fourth-order valence-electron chi connectivity index (χ4n) is 2.27. The number of nitrogens with zero attached hydrogens (tertiary/aromatic N) is 4. The Kier molecular flexibility index (Phi) is 3.25. The first-order valence-electron chi connectivity index (χ1n) is 6.48. The van der Waals surface area contributed by atoms with Gasteiger partial charge < -0.3 is 4.57 Å². The number of aromatic nitrogens is 3. The molecule has 4 nitrogen and oxygen atoms in total. The second-order valence-electron chi connectivity index (χ2n) is 5.13. The lowest BCUT2D eigenvalue weighted by Gasteiger charge is -2.10. The van der Waals surface area contributed by atoms with Crippen LogP contribution in [0.1, 0.15) is 19.4 Å². The fourth-order valence-corrected chi connectivity index (χ4v) is 2.80. The Morgan fingerprint density at radius 3 is 2.90 bits per heavy atom. The molecule has 100 valence electrons. The molecule has 0 saturated carbocycles. The lowest BCUT2D eigenvalue weighted by molar-refractivity contribution is 0.536. The van der Waals surface area contributed by atoms with Crippen molar-refractivity contribution in [2.24, 2.45) is 5.92 Å². The van der Waals surface area contributed by atoms with Crippen LogP contribution in [0.2, 0.25) is 0 Å². The van der Waals surface area contributed by atoms with Crippen molar-refractivity contribution >= 4 is 22.4 Å². The first-order valence-corrected chi connectivity index (χ1v) is 7.42. The van der Waals surface area contributed by atoms with Gasteiger partial charge in [-0.2, -0.15) is 5.26 Å². The average Bonchev–Trinajstić information content (AvgIpc) is 3.05. The first-order chi connectivity index (χ1) is 9.69. The largest absolute Gasteiger partial charge is 0.322 e. The van der Waals surface area contributed by atoms with E-state index >= 15 is 0 Å². The molecule has 3 aromatic rings. The van der Waals surface area contributed by atoms with Crippen molar-refractivity contribution in [3.05, 3.63) is 34.7 Å². The topological polar surface area (TPSA) is 54.5 Å². The van der Waals surface area contributed by atoms with Gasteiger partial charge in [0.25, 0.3) is 0 Å². The molecule has 0 spiro atoms. The van der Waals surface area contributed by atoms with Crippen molar-refractivity contribution in [3.8, 4) is 17.6 Å². The first kappa shape index (κ1) is 12.8. The van der Waals surface area contributed by atoms with Gasteiger partial charge in [0.05, 0.1) is 28.2 Å². The zero-order chi connectivity index (χ0) is 14.1. The third-order valence-electron chi connectivity index (χ3n) is 3.09. The maximum atomic E-state index is 9.01. The van der Waals surface area contributed by atoms with E-state index in [1.165, 1.54) is 0 Å². The normalized spacial score (nSPS) is 11.1. The van der Waals surface area contributed by atoms with Gasteiger partial charge >= 0.3 is 0 Å². The van der Waals surface area contributed by atoms with E-state index in [0.717, 1.165) is 29.1 Å². The van der Waals surface area contributed by atoms with Crippen molar-refractivity contribution in [1.29, 1.82) is 5.26 Å². The highest BCUT2D eigenvalue weighted by molar-refractivity contribution is 7.07. The number of thiazole rings is 1. The summed E-state index contributed by atoms with van der Waals surface area (Å²) in [6.45, 7) is 5.25. The molecule has 0 unspecified atom stereocenters. The molecule has 5 heteroatoms. The summed E-state index contributed by atoms with van der Waals surface area (Å²) >= 11 is 1.56. The molecule has 0 aliphatic carbocycles. The Morgan fingerprint density at radius 2 is 2.25 bits per heavy atom. The number of nitriles is 1. The summed E-state index contributed by atoms with van der Waals surface area (Å²) < 4.78 is 2.19. The Balaban J connectivity index is 2.24. The van der Waals surface area contributed by atoms with E-state index in [-0.39, 0.29) is 0 Å².